The quantitative estimate of drug-likeness (QED) is 0.686. The van der Waals surface area contributed by atoms with Crippen LogP contribution in [0.2, 0.25) is 0 Å². The standard InChI is InChI=1S/C15H32N2/c1-4-6-7-8-12-17-13-15(9-5-2)16-11-10-14(17)3/h14-16H,4-13H2,1-3H3. The van der Waals surface area contributed by atoms with E-state index in [4.69, 9.17) is 0 Å². The third-order valence-electron chi connectivity index (χ3n) is 4.01. The molecular formula is C15H32N2. The fraction of sp³-hybridized carbons (Fsp3) is 1.00. The van der Waals surface area contributed by atoms with Crippen LogP contribution in [0.1, 0.15) is 65.7 Å². The first-order chi connectivity index (χ1) is 8.27. The zero-order chi connectivity index (χ0) is 12.5. The molecule has 2 heteroatoms. The summed E-state index contributed by atoms with van der Waals surface area (Å²) in [6.45, 7) is 10.8. The molecule has 0 aliphatic carbocycles. The van der Waals surface area contributed by atoms with Crippen molar-refractivity contribution in [2.45, 2.75) is 77.8 Å². The Balaban J connectivity index is 2.31. The summed E-state index contributed by atoms with van der Waals surface area (Å²) in [4.78, 5) is 2.72. The first-order valence-corrected chi connectivity index (χ1v) is 7.75. The molecule has 1 aliphatic heterocycles. The summed E-state index contributed by atoms with van der Waals surface area (Å²) in [5.41, 5.74) is 0. The second-order valence-corrected chi connectivity index (χ2v) is 5.63. The van der Waals surface area contributed by atoms with Gasteiger partial charge in [0.1, 0.15) is 0 Å². The van der Waals surface area contributed by atoms with Crippen LogP contribution in [-0.2, 0) is 0 Å². The van der Waals surface area contributed by atoms with Crippen LogP contribution in [-0.4, -0.2) is 36.6 Å². The van der Waals surface area contributed by atoms with Gasteiger partial charge in [0.2, 0.25) is 0 Å². The molecule has 102 valence electrons. The first-order valence-electron chi connectivity index (χ1n) is 7.75. The highest BCUT2D eigenvalue weighted by molar-refractivity contribution is 4.80. The van der Waals surface area contributed by atoms with Crippen molar-refractivity contribution in [1.29, 1.82) is 0 Å². The van der Waals surface area contributed by atoms with E-state index in [9.17, 15) is 0 Å². The predicted octanol–water partition coefficient (Wildman–Crippen LogP) is 3.42. The van der Waals surface area contributed by atoms with E-state index >= 15 is 0 Å². The molecule has 0 saturated carbocycles. The third-order valence-corrected chi connectivity index (χ3v) is 4.01. The van der Waals surface area contributed by atoms with Crippen LogP contribution in [0.25, 0.3) is 0 Å². The molecular weight excluding hydrogens is 208 g/mol. The van der Waals surface area contributed by atoms with E-state index in [0.717, 1.165) is 12.1 Å². The zero-order valence-electron chi connectivity index (χ0n) is 12.2. The fourth-order valence-corrected chi connectivity index (χ4v) is 2.80. The normalized spacial score (nSPS) is 27.0. The summed E-state index contributed by atoms with van der Waals surface area (Å²) in [6.07, 6.45) is 9.49. The summed E-state index contributed by atoms with van der Waals surface area (Å²) in [5.74, 6) is 0. The minimum absolute atomic E-state index is 0.733. The van der Waals surface area contributed by atoms with Crippen molar-refractivity contribution >= 4 is 0 Å². The van der Waals surface area contributed by atoms with Gasteiger partial charge in [0.15, 0.2) is 0 Å². The smallest absolute Gasteiger partial charge is 0.0195 e. The Morgan fingerprint density at radius 3 is 2.65 bits per heavy atom. The van der Waals surface area contributed by atoms with Crippen molar-refractivity contribution in [2.24, 2.45) is 0 Å². The highest BCUT2D eigenvalue weighted by Gasteiger charge is 2.21. The summed E-state index contributed by atoms with van der Waals surface area (Å²) >= 11 is 0. The second-order valence-electron chi connectivity index (χ2n) is 5.63. The molecule has 1 N–H and O–H groups in total. The fourth-order valence-electron chi connectivity index (χ4n) is 2.80. The van der Waals surface area contributed by atoms with Crippen LogP contribution in [0, 0.1) is 0 Å². The van der Waals surface area contributed by atoms with Crippen LogP contribution in [0.4, 0.5) is 0 Å². The number of nitrogens with one attached hydrogen (secondary N) is 1. The first kappa shape index (κ1) is 15.0. The monoisotopic (exact) mass is 240 g/mol. The highest BCUT2D eigenvalue weighted by atomic mass is 15.2. The zero-order valence-corrected chi connectivity index (χ0v) is 12.2. The molecule has 0 aromatic carbocycles. The average molecular weight is 240 g/mol. The molecule has 2 unspecified atom stereocenters. The van der Waals surface area contributed by atoms with Gasteiger partial charge in [-0.2, -0.15) is 0 Å². The van der Waals surface area contributed by atoms with Gasteiger partial charge in [-0.15, -0.1) is 0 Å². The lowest BCUT2D eigenvalue weighted by Gasteiger charge is -2.29. The predicted molar refractivity (Wildman–Crippen MR) is 76.5 cm³/mol. The molecule has 0 bridgehead atoms. The molecule has 17 heavy (non-hydrogen) atoms. The summed E-state index contributed by atoms with van der Waals surface area (Å²) in [5, 5.41) is 3.70. The van der Waals surface area contributed by atoms with E-state index in [1.165, 1.54) is 64.6 Å². The maximum absolute atomic E-state index is 3.70. The van der Waals surface area contributed by atoms with E-state index in [-0.39, 0.29) is 0 Å². The van der Waals surface area contributed by atoms with Crippen molar-refractivity contribution in [1.82, 2.24) is 10.2 Å². The van der Waals surface area contributed by atoms with Gasteiger partial charge in [-0.25, -0.2) is 0 Å². The number of nitrogens with zero attached hydrogens (tertiary/aromatic N) is 1. The van der Waals surface area contributed by atoms with Gasteiger partial charge in [-0.05, 0) is 39.3 Å². The number of unbranched alkanes of at least 4 members (excludes halogenated alkanes) is 3. The van der Waals surface area contributed by atoms with E-state index < -0.39 is 0 Å². The van der Waals surface area contributed by atoms with Gasteiger partial charge in [-0.3, -0.25) is 4.90 Å². The van der Waals surface area contributed by atoms with Gasteiger partial charge in [0.05, 0.1) is 0 Å². The minimum Gasteiger partial charge on any atom is -0.313 e. The Labute approximate surface area is 108 Å². The van der Waals surface area contributed by atoms with E-state index in [1.54, 1.807) is 0 Å². The third kappa shape index (κ3) is 5.87. The lowest BCUT2D eigenvalue weighted by molar-refractivity contribution is 0.197. The Morgan fingerprint density at radius 1 is 1.12 bits per heavy atom. The molecule has 1 fully saturated rings. The molecule has 0 aromatic rings. The molecule has 1 aliphatic rings. The molecule has 0 amide bonds. The maximum atomic E-state index is 3.70. The second kappa shape index (κ2) is 8.93. The van der Waals surface area contributed by atoms with Crippen LogP contribution in [0.5, 0.6) is 0 Å². The topological polar surface area (TPSA) is 15.3 Å². The lowest BCUT2D eigenvalue weighted by atomic mass is 10.1. The summed E-state index contributed by atoms with van der Waals surface area (Å²) < 4.78 is 0. The van der Waals surface area contributed by atoms with Gasteiger partial charge < -0.3 is 5.32 Å². The Kier molecular flexibility index (Phi) is 7.87. The molecule has 2 atom stereocenters. The van der Waals surface area contributed by atoms with Gasteiger partial charge in [0.25, 0.3) is 0 Å². The molecule has 2 nitrogen and oxygen atoms in total. The summed E-state index contributed by atoms with van der Waals surface area (Å²) in [7, 11) is 0. The molecule has 0 radical (unpaired) electrons. The number of hydrogen-bond acceptors (Lipinski definition) is 2. The van der Waals surface area contributed by atoms with Crippen LogP contribution in [0.15, 0.2) is 0 Å². The van der Waals surface area contributed by atoms with Gasteiger partial charge in [0, 0.05) is 18.6 Å². The number of hydrogen-bond donors (Lipinski definition) is 1. The highest BCUT2D eigenvalue weighted by Crippen LogP contribution is 2.13. The van der Waals surface area contributed by atoms with Crippen LogP contribution in [0.3, 0.4) is 0 Å². The minimum atomic E-state index is 0.733. The Bertz CT molecular complexity index is 182. The van der Waals surface area contributed by atoms with Crippen molar-refractivity contribution in [2.75, 3.05) is 19.6 Å². The molecule has 1 saturated heterocycles. The molecule has 0 aromatic heterocycles. The van der Waals surface area contributed by atoms with Gasteiger partial charge in [-0.1, -0.05) is 39.5 Å². The average Bonchev–Trinajstić information content (AvgIpc) is 2.48. The number of rotatable bonds is 7. The van der Waals surface area contributed by atoms with Crippen LogP contribution < -0.4 is 5.32 Å². The van der Waals surface area contributed by atoms with Crippen molar-refractivity contribution in [3.05, 3.63) is 0 Å². The van der Waals surface area contributed by atoms with E-state index in [1.807, 2.05) is 0 Å². The largest absolute Gasteiger partial charge is 0.313 e. The SMILES string of the molecule is CCCCCCN1CC(CCC)NCCC1C. The van der Waals surface area contributed by atoms with Gasteiger partial charge >= 0.3 is 0 Å². The van der Waals surface area contributed by atoms with E-state index in [0.29, 0.717) is 0 Å². The molecule has 0 spiro atoms. The molecule has 1 heterocycles. The Morgan fingerprint density at radius 2 is 1.94 bits per heavy atom. The Hall–Kier alpha value is -0.0800. The lowest BCUT2D eigenvalue weighted by Crippen LogP contribution is -2.40. The van der Waals surface area contributed by atoms with Crippen molar-refractivity contribution < 1.29 is 0 Å². The van der Waals surface area contributed by atoms with Crippen molar-refractivity contribution in [3.8, 4) is 0 Å². The maximum Gasteiger partial charge on any atom is 0.0195 e. The van der Waals surface area contributed by atoms with Crippen LogP contribution >= 0.6 is 0 Å². The molecule has 1 rings (SSSR count). The van der Waals surface area contributed by atoms with E-state index in [2.05, 4.69) is 31.0 Å². The van der Waals surface area contributed by atoms with Crippen molar-refractivity contribution in [3.63, 3.8) is 0 Å². The summed E-state index contributed by atoms with van der Waals surface area (Å²) in [6, 6.07) is 1.50.